The number of carbonyl (C=O) groups is 2. The van der Waals surface area contributed by atoms with Crippen molar-refractivity contribution in [2.75, 3.05) is 32.7 Å². The predicted molar refractivity (Wildman–Crippen MR) is 84.4 cm³/mol. The van der Waals surface area contributed by atoms with Crippen molar-refractivity contribution in [2.45, 2.75) is 26.2 Å². The highest BCUT2D eigenvalue weighted by Gasteiger charge is 2.96. The van der Waals surface area contributed by atoms with E-state index in [2.05, 4.69) is 16.7 Å². The van der Waals surface area contributed by atoms with Gasteiger partial charge in [0.25, 0.3) is 0 Å². The molecule has 0 radical (unpaired) electrons. The van der Waals surface area contributed by atoms with Gasteiger partial charge in [0.15, 0.2) is 0 Å². The van der Waals surface area contributed by atoms with E-state index in [0.717, 1.165) is 45.1 Å². The SMILES string of the molecule is CCCN1CCCN(C(=O)C23C4C(=O)C5C6CC(C52)C3C64)CC1. The standard InChI is InChI=1S/C19H26N2O2/c1-2-4-20-5-3-6-21(8-7-20)18(23)19-14-11-9-10-12(14)16(19)17(22)13(10)15(11)19/h10-16H,2-9H2,1H3. The third kappa shape index (κ3) is 1.17. The Morgan fingerprint density at radius 1 is 1.17 bits per heavy atom. The van der Waals surface area contributed by atoms with Crippen molar-refractivity contribution in [1.29, 1.82) is 0 Å². The molecule has 1 saturated heterocycles. The molecule has 0 aromatic rings. The van der Waals surface area contributed by atoms with Crippen LogP contribution in [0.5, 0.6) is 0 Å². The van der Waals surface area contributed by atoms with E-state index in [1.807, 2.05) is 0 Å². The third-order valence-corrected chi connectivity index (χ3v) is 8.65. The Bertz CT molecular complexity index is 618. The lowest BCUT2D eigenvalue weighted by atomic mass is 9.31. The molecule has 8 unspecified atom stereocenters. The summed E-state index contributed by atoms with van der Waals surface area (Å²) in [6.07, 6.45) is 3.55. The lowest BCUT2D eigenvalue weighted by molar-refractivity contribution is -0.255. The number of carbonyl (C=O) groups excluding carboxylic acids is 2. The first-order valence-electron chi connectivity index (χ1n) is 9.76. The number of ketones is 1. The highest BCUT2D eigenvalue weighted by Crippen LogP contribution is 2.92. The van der Waals surface area contributed by atoms with Crippen LogP contribution in [0.1, 0.15) is 26.2 Å². The van der Waals surface area contributed by atoms with Crippen molar-refractivity contribution in [1.82, 2.24) is 9.80 Å². The molecule has 6 saturated carbocycles. The Labute approximate surface area is 137 Å². The quantitative estimate of drug-likeness (QED) is 0.787. The maximum atomic E-state index is 13.5. The summed E-state index contributed by atoms with van der Waals surface area (Å²) in [5, 5.41) is 0. The molecule has 0 aromatic heterocycles. The summed E-state index contributed by atoms with van der Waals surface area (Å²) in [4.78, 5) is 30.8. The fraction of sp³-hybridized carbons (Fsp3) is 0.895. The average molecular weight is 314 g/mol. The van der Waals surface area contributed by atoms with Crippen LogP contribution in [0.2, 0.25) is 0 Å². The highest BCUT2D eigenvalue weighted by molar-refractivity contribution is 6.04. The minimum atomic E-state index is -0.190. The molecule has 8 atom stereocenters. The summed E-state index contributed by atoms with van der Waals surface area (Å²) in [6.45, 7) is 7.29. The second-order valence-electron chi connectivity index (χ2n) is 9.02. The normalized spacial score (nSPS) is 55.1. The van der Waals surface area contributed by atoms with Crippen molar-refractivity contribution in [2.24, 2.45) is 46.8 Å². The summed E-state index contributed by atoms with van der Waals surface area (Å²) < 4.78 is 0. The predicted octanol–water partition coefficient (Wildman–Crippen LogP) is 1.26. The lowest BCUT2D eigenvalue weighted by Gasteiger charge is -2.70. The zero-order chi connectivity index (χ0) is 15.5. The first kappa shape index (κ1) is 13.4. The van der Waals surface area contributed by atoms with Gasteiger partial charge in [-0.2, -0.15) is 0 Å². The molecule has 0 spiro atoms. The van der Waals surface area contributed by atoms with Gasteiger partial charge in [0.05, 0.1) is 5.41 Å². The highest BCUT2D eigenvalue weighted by atomic mass is 16.2. The Kier molecular flexibility index (Phi) is 2.34. The van der Waals surface area contributed by atoms with Crippen LogP contribution in [-0.4, -0.2) is 54.2 Å². The van der Waals surface area contributed by atoms with E-state index in [4.69, 9.17) is 0 Å². The monoisotopic (exact) mass is 314 g/mol. The van der Waals surface area contributed by atoms with Crippen molar-refractivity contribution >= 4 is 11.7 Å². The molecule has 7 aliphatic rings. The molecule has 1 amide bonds. The van der Waals surface area contributed by atoms with Gasteiger partial charge in [-0.3, -0.25) is 9.59 Å². The van der Waals surface area contributed by atoms with Crippen LogP contribution in [0, 0.1) is 46.8 Å². The molecule has 6 aliphatic carbocycles. The van der Waals surface area contributed by atoms with Gasteiger partial charge in [0.1, 0.15) is 5.78 Å². The van der Waals surface area contributed by atoms with Crippen molar-refractivity contribution in [3.05, 3.63) is 0 Å². The zero-order valence-electron chi connectivity index (χ0n) is 13.9. The molecule has 7 rings (SSSR count). The average Bonchev–Trinajstić information content (AvgIpc) is 2.94. The fourth-order valence-electron chi connectivity index (χ4n) is 8.38. The van der Waals surface area contributed by atoms with Gasteiger partial charge < -0.3 is 9.80 Å². The Morgan fingerprint density at radius 3 is 2.83 bits per heavy atom. The minimum Gasteiger partial charge on any atom is -0.341 e. The molecule has 0 N–H and O–H groups in total. The van der Waals surface area contributed by atoms with Crippen LogP contribution >= 0.6 is 0 Å². The van der Waals surface area contributed by atoms with Gasteiger partial charge in [-0.1, -0.05) is 6.92 Å². The van der Waals surface area contributed by atoms with Crippen LogP contribution in [-0.2, 0) is 9.59 Å². The first-order chi connectivity index (χ1) is 11.2. The first-order valence-corrected chi connectivity index (χ1v) is 9.76. The Hall–Kier alpha value is -0.900. The van der Waals surface area contributed by atoms with E-state index >= 15 is 0 Å². The van der Waals surface area contributed by atoms with Crippen LogP contribution in [0.15, 0.2) is 0 Å². The molecule has 4 nitrogen and oxygen atoms in total. The second kappa shape index (κ2) is 4.01. The molecule has 23 heavy (non-hydrogen) atoms. The molecule has 4 bridgehead atoms. The van der Waals surface area contributed by atoms with Gasteiger partial charge in [0, 0.05) is 31.5 Å². The second-order valence-corrected chi connectivity index (χ2v) is 9.02. The third-order valence-electron chi connectivity index (χ3n) is 8.65. The van der Waals surface area contributed by atoms with Crippen molar-refractivity contribution in [3.8, 4) is 0 Å². The van der Waals surface area contributed by atoms with Crippen molar-refractivity contribution in [3.63, 3.8) is 0 Å². The molecule has 7 fully saturated rings. The van der Waals surface area contributed by atoms with E-state index in [9.17, 15) is 9.59 Å². The summed E-state index contributed by atoms with van der Waals surface area (Å²) in [5.41, 5.74) is -0.190. The molecular formula is C19H26N2O2. The minimum absolute atomic E-state index is 0.147. The Balaban J connectivity index is 1.27. The lowest BCUT2D eigenvalue weighted by Crippen LogP contribution is -2.75. The van der Waals surface area contributed by atoms with Gasteiger partial charge in [0.2, 0.25) is 5.91 Å². The van der Waals surface area contributed by atoms with E-state index < -0.39 is 0 Å². The van der Waals surface area contributed by atoms with E-state index in [-0.39, 0.29) is 11.3 Å². The number of nitrogens with zero attached hydrogens (tertiary/aromatic N) is 2. The Morgan fingerprint density at radius 2 is 2.04 bits per heavy atom. The van der Waals surface area contributed by atoms with E-state index in [1.54, 1.807) is 0 Å². The topological polar surface area (TPSA) is 40.6 Å². The number of hydrogen-bond donors (Lipinski definition) is 0. The fourth-order valence-corrected chi connectivity index (χ4v) is 8.38. The number of hydrogen-bond acceptors (Lipinski definition) is 3. The maximum absolute atomic E-state index is 13.5. The summed E-state index contributed by atoms with van der Waals surface area (Å²) in [7, 11) is 0. The smallest absolute Gasteiger partial charge is 0.230 e. The van der Waals surface area contributed by atoms with Gasteiger partial charge in [-0.25, -0.2) is 0 Å². The largest absolute Gasteiger partial charge is 0.341 e. The molecule has 1 aliphatic heterocycles. The van der Waals surface area contributed by atoms with Crippen LogP contribution in [0.3, 0.4) is 0 Å². The number of Topliss-reactive ketones (excluding diaryl/α,β-unsaturated/α-hetero) is 1. The summed E-state index contributed by atoms with van der Waals surface area (Å²) in [5.74, 6) is 4.44. The van der Waals surface area contributed by atoms with E-state index in [0.29, 0.717) is 41.3 Å². The van der Waals surface area contributed by atoms with Crippen molar-refractivity contribution < 1.29 is 9.59 Å². The van der Waals surface area contributed by atoms with Gasteiger partial charge in [-0.15, -0.1) is 0 Å². The van der Waals surface area contributed by atoms with Crippen LogP contribution in [0.4, 0.5) is 0 Å². The molecule has 124 valence electrons. The number of rotatable bonds is 3. The number of amides is 1. The zero-order valence-corrected chi connectivity index (χ0v) is 13.9. The van der Waals surface area contributed by atoms with Gasteiger partial charge in [-0.05, 0) is 61.9 Å². The summed E-state index contributed by atoms with van der Waals surface area (Å²) >= 11 is 0. The molecule has 1 heterocycles. The van der Waals surface area contributed by atoms with Crippen LogP contribution in [0.25, 0.3) is 0 Å². The summed E-state index contributed by atoms with van der Waals surface area (Å²) in [6, 6.07) is 0. The molecule has 0 aromatic carbocycles. The molecule has 4 heteroatoms. The van der Waals surface area contributed by atoms with Crippen LogP contribution < -0.4 is 0 Å². The van der Waals surface area contributed by atoms with Gasteiger partial charge >= 0.3 is 0 Å². The van der Waals surface area contributed by atoms with E-state index in [1.165, 1.54) is 12.8 Å². The maximum Gasteiger partial charge on any atom is 0.230 e. The molecular weight excluding hydrogens is 288 g/mol.